The molecule has 0 aliphatic heterocycles. The van der Waals surface area contributed by atoms with Gasteiger partial charge in [0.2, 0.25) is 5.91 Å². The molecule has 1 N–H and O–H groups in total. The highest BCUT2D eigenvalue weighted by molar-refractivity contribution is 5.97. The van der Waals surface area contributed by atoms with E-state index in [1.165, 1.54) is 18.2 Å². The molecule has 0 bridgehead atoms. The fourth-order valence-electron chi connectivity index (χ4n) is 2.43. The number of benzene rings is 2. The van der Waals surface area contributed by atoms with E-state index in [0.717, 1.165) is 6.07 Å². The second kappa shape index (κ2) is 9.21. The number of nitrogens with one attached hydrogen (secondary N) is 1. The van der Waals surface area contributed by atoms with Gasteiger partial charge < -0.3 is 10.1 Å². The molecule has 0 saturated heterocycles. The smallest absolute Gasteiger partial charge is 0.419 e. The molecule has 0 radical (unpaired) electrons. The Hall–Kier alpha value is -2.83. The number of ketones is 1. The minimum Gasteiger partial charge on any atom is -0.491 e. The Balaban J connectivity index is 1.80. The number of alkyl halides is 3. The predicted octanol–water partition coefficient (Wildman–Crippen LogP) is 4.25. The summed E-state index contributed by atoms with van der Waals surface area (Å²) in [6.45, 7) is 1.50. The number of halogens is 3. The summed E-state index contributed by atoms with van der Waals surface area (Å²) in [6.07, 6.45) is -4.46. The van der Waals surface area contributed by atoms with Gasteiger partial charge in [-0.1, -0.05) is 42.5 Å². The Bertz CT molecular complexity index is 776. The van der Waals surface area contributed by atoms with E-state index in [1.807, 2.05) is 0 Å². The first kappa shape index (κ1) is 20.5. The molecule has 27 heavy (non-hydrogen) atoms. The molecule has 0 fully saturated rings. The van der Waals surface area contributed by atoms with Crippen LogP contribution in [0.15, 0.2) is 54.6 Å². The maximum absolute atomic E-state index is 12.9. The van der Waals surface area contributed by atoms with E-state index >= 15 is 0 Å². The van der Waals surface area contributed by atoms with Crippen molar-refractivity contribution in [1.29, 1.82) is 0 Å². The molecule has 2 aromatic rings. The summed E-state index contributed by atoms with van der Waals surface area (Å²) in [4.78, 5) is 23.9. The maximum atomic E-state index is 12.9. The molecule has 0 spiro atoms. The maximum Gasteiger partial charge on any atom is 0.419 e. The van der Waals surface area contributed by atoms with Crippen molar-refractivity contribution in [2.45, 2.75) is 32.0 Å². The largest absolute Gasteiger partial charge is 0.491 e. The lowest BCUT2D eigenvalue weighted by atomic mass is 10.1. The SMILES string of the molecule is CC(COc1ccccc1C(F)(F)F)NC(=O)CCC(=O)c1ccccc1. The van der Waals surface area contributed by atoms with Gasteiger partial charge >= 0.3 is 6.18 Å². The molecule has 4 nitrogen and oxygen atoms in total. The van der Waals surface area contributed by atoms with Crippen LogP contribution in [0.3, 0.4) is 0 Å². The Morgan fingerprint density at radius 2 is 1.63 bits per heavy atom. The zero-order valence-electron chi connectivity index (χ0n) is 14.8. The third-order valence-electron chi connectivity index (χ3n) is 3.76. The number of hydrogen-bond acceptors (Lipinski definition) is 3. The number of amides is 1. The fourth-order valence-corrected chi connectivity index (χ4v) is 2.43. The van der Waals surface area contributed by atoms with Crippen LogP contribution in [-0.4, -0.2) is 24.3 Å². The molecule has 0 aliphatic carbocycles. The molecule has 2 aromatic carbocycles. The summed E-state index contributed by atoms with van der Waals surface area (Å²) in [7, 11) is 0. The Kier molecular flexibility index (Phi) is 6.98. The van der Waals surface area contributed by atoms with Crippen LogP contribution in [0, 0.1) is 0 Å². The van der Waals surface area contributed by atoms with E-state index in [0.29, 0.717) is 5.56 Å². The summed E-state index contributed by atoms with van der Waals surface area (Å²) in [6, 6.07) is 13.0. The number of hydrogen-bond donors (Lipinski definition) is 1. The van der Waals surface area contributed by atoms with E-state index in [4.69, 9.17) is 4.74 Å². The van der Waals surface area contributed by atoms with Crippen LogP contribution >= 0.6 is 0 Å². The van der Waals surface area contributed by atoms with Crippen molar-refractivity contribution in [3.05, 3.63) is 65.7 Å². The van der Waals surface area contributed by atoms with E-state index in [1.54, 1.807) is 37.3 Å². The van der Waals surface area contributed by atoms with Crippen molar-refractivity contribution in [2.24, 2.45) is 0 Å². The van der Waals surface area contributed by atoms with Gasteiger partial charge in [-0.25, -0.2) is 0 Å². The average Bonchev–Trinajstić information content (AvgIpc) is 2.64. The van der Waals surface area contributed by atoms with Gasteiger partial charge in [0, 0.05) is 18.4 Å². The number of carbonyl (C=O) groups is 2. The number of ether oxygens (including phenoxy) is 1. The summed E-state index contributed by atoms with van der Waals surface area (Å²) in [5, 5.41) is 2.62. The summed E-state index contributed by atoms with van der Waals surface area (Å²) >= 11 is 0. The molecule has 144 valence electrons. The van der Waals surface area contributed by atoms with E-state index in [-0.39, 0.29) is 36.9 Å². The van der Waals surface area contributed by atoms with Crippen LogP contribution in [0.1, 0.15) is 35.7 Å². The van der Waals surface area contributed by atoms with Crippen LogP contribution in [0.5, 0.6) is 5.75 Å². The van der Waals surface area contributed by atoms with Crippen LogP contribution in [-0.2, 0) is 11.0 Å². The van der Waals surface area contributed by atoms with Crippen LogP contribution < -0.4 is 10.1 Å². The first-order valence-electron chi connectivity index (χ1n) is 8.44. The highest BCUT2D eigenvalue weighted by atomic mass is 19.4. The summed E-state index contributed by atoms with van der Waals surface area (Å²) in [5.41, 5.74) is -0.331. The van der Waals surface area contributed by atoms with Crippen molar-refractivity contribution in [3.8, 4) is 5.75 Å². The van der Waals surface area contributed by atoms with E-state index in [9.17, 15) is 22.8 Å². The lowest BCUT2D eigenvalue weighted by Gasteiger charge is -2.17. The molecule has 0 aromatic heterocycles. The third kappa shape index (κ3) is 6.44. The molecule has 1 unspecified atom stereocenters. The van der Waals surface area contributed by atoms with Gasteiger partial charge in [-0.2, -0.15) is 13.2 Å². The van der Waals surface area contributed by atoms with Crippen molar-refractivity contribution in [1.82, 2.24) is 5.32 Å². The van der Waals surface area contributed by atoms with Gasteiger partial charge in [0.25, 0.3) is 0 Å². The molecule has 0 heterocycles. The quantitative estimate of drug-likeness (QED) is 0.698. The van der Waals surface area contributed by atoms with Crippen molar-refractivity contribution < 1.29 is 27.5 Å². The van der Waals surface area contributed by atoms with Crippen LogP contribution in [0.2, 0.25) is 0 Å². The molecule has 1 amide bonds. The Morgan fingerprint density at radius 1 is 1.00 bits per heavy atom. The lowest BCUT2D eigenvalue weighted by Crippen LogP contribution is -2.37. The van der Waals surface area contributed by atoms with Crippen LogP contribution in [0.4, 0.5) is 13.2 Å². The Morgan fingerprint density at radius 3 is 2.30 bits per heavy atom. The lowest BCUT2D eigenvalue weighted by molar-refractivity contribution is -0.139. The van der Waals surface area contributed by atoms with Crippen molar-refractivity contribution >= 4 is 11.7 Å². The highest BCUT2D eigenvalue weighted by Gasteiger charge is 2.34. The number of Topliss-reactive ketones (excluding diaryl/α,β-unsaturated/α-hetero) is 1. The van der Waals surface area contributed by atoms with Gasteiger partial charge in [0.15, 0.2) is 5.78 Å². The first-order valence-corrected chi connectivity index (χ1v) is 8.44. The summed E-state index contributed by atoms with van der Waals surface area (Å²) < 4.78 is 44.0. The normalized spacial score (nSPS) is 12.3. The molecule has 2 rings (SSSR count). The second-order valence-corrected chi connectivity index (χ2v) is 6.06. The zero-order valence-corrected chi connectivity index (χ0v) is 14.8. The minimum absolute atomic E-state index is 0.00277. The highest BCUT2D eigenvalue weighted by Crippen LogP contribution is 2.35. The van der Waals surface area contributed by atoms with E-state index in [2.05, 4.69) is 5.32 Å². The number of rotatable bonds is 8. The van der Waals surface area contributed by atoms with Gasteiger partial charge in [0.1, 0.15) is 12.4 Å². The standard InChI is InChI=1S/C20H20F3NO3/c1-14(13-27-18-10-6-5-9-16(18)20(21,22)23)24-19(26)12-11-17(25)15-7-3-2-4-8-15/h2-10,14H,11-13H2,1H3,(H,24,26). The molecular formula is C20H20F3NO3. The number of carbonyl (C=O) groups excluding carboxylic acids is 2. The van der Waals surface area contributed by atoms with E-state index < -0.39 is 17.8 Å². The third-order valence-corrected chi connectivity index (χ3v) is 3.76. The molecule has 7 heteroatoms. The minimum atomic E-state index is -4.51. The topological polar surface area (TPSA) is 55.4 Å². The summed E-state index contributed by atoms with van der Waals surface area (Å²) in [5.74, 6) is -0.793. The van der Waals surface area contributed by atoms with Gasteiger partial charge in [-0.3, -0.25) is 9.59 Å². The van der Waals surface area contributed by atoms with Crippen molar-refractivity contribution in [2.75, 3.05) is 6.61 Å². The Labute approximate surface area is 155 Å². The van der Waals surface area contributed by atoms with Gasteiger partial charge in [-0.15, -0.1) is 0 Å². The molecule has 0 aliphatic rings. The van der Waals surface area contributed by atoms with Gasteiger partial charge in [0.05, 0.1) is 11.6 Å². The first-order chi connectivity index (χ1) is 12.8. The molecular weight excluding hydrogens is 359 g/mol. The average molecular weight is 379 g/mol. The fraction of sp³-hybridized carbons (Fsp3) is 0.300. The van der Waals surface area contributed by atoms with Crippen LogP contribution in [0.25, 0.3) is 0 Å². The van der Waals surface area contributed by atoms with Crippen molar-refractivity contribution in [3.63, 3.8) is 0 Å². The second-order valence-electron chi connectivity index (χ2n) is 6.06. The molecule has 0 saturated carbocycles. The monoisotopic (exact) mass is 379 g/mol. The number of para-hydroxylation sites is 1. The molecule has 1 atom stereocenters. The zero-order chi connectivity index (χ0) is 19.9. The predicted molar refractivity (Wildman–Crippen MR) is 94.6 cm³/mol. The van der Waals surface area contributed by atoms with Gasteiger partial charge in [-0.05, 0) is 19.1 Å².